The summed E-state index contributed by atoms with van der Waals surface area (Å²) < 4.78 is 5.99. The first-order valence-corrected chi connectivity index (χ1v) is 12.3. The van der Waals surface area contributed by atoms with Gasteiger partial charge >= 0.3 is 0 Å². The van der Waals surface area contributed by atoms with Gasteiger partial charge in [-0.1, -0.05) is 30.3 Å². The van der Waals surface area contributed by atoms with Crippen molar-refractivity contribution in [3.05, 3.63) is 99.7 Å². The monoisotopic (exact) mass is 548 g/mol. The van der Waals surface area contributed by atoms with E-state index in [1.165, 1.54) is 6.21 Å². The summed E-state index contributed by atoms with van der Waals surface area (Å²) >= 11 is 3.43. The Bertz CT molecular complexity index is 1240. The van der Waals surface area contributed by atoms with E-state index in [1.807, 2.05) is 42.5 Å². The summed E-state index contributed by atoms with van der Waals surface area (Å²) in [6, 6.07) is 22.0. The Hall–Kier alpha value is -3.91. The van der Waals surface area contributed by atoms with Crippen molar-refractivity contribution in [3.8, 4) is 5.75 Å². The Balaban J connectivity index is 1.81. The second-order valence-electron chi connectivity index (χ2n) is 7.74. The van der Waals surface area contributed by atoms with Crippen molar-refractivity contribution >= 4 is 45.7 Å². The summed E-state index contributed by atoms with van der Waals surface area (Å²) in [7, 11) is 1.59. The maximum absolute atomic E-state index is 13.0. The van der Waals surface area contributed by atoms with Crippen LogP contribution < -0.4 is 20.4 Å². The van der Waals surface area contributed by atoms with E-state index in [0.717, 1.165) is 34.4 Å². The fraction of sp³-hybridized carbons (Fsp3) is 0.179. The topological polar surface area (TPSA) is 83.0 Å². The average Bonchev–Trinajstić information content (AvgIpc) is 2.90. The zero-order chi connectivity index (χ0) is 25.9. The molecule has 3 rings (SSSR count). The maximum Gasteiger partial charge on any atom is 0.287 e. The first-order chi connectivity index (χ1) is 17.4. The Labute approximate surface area is 220 Å². The molecule has 0 spiro atoms. The van der Waals surface area contributed by atoms with Gasteiger partial charge in [0, 0.05) is 24.3 Å². The summed E-state index contributed by atoms with van der Waals surface area (Å²) in [5, 5.41) is 6.77. The first-order valence-electron chi connectivity index (χ1n) is 11.5. The van der Waals surface area contributed by atoms with Gasteiger partial charge in [0.1, 0.15) is 11.4 Å². The van der Waals surface area contributed by atoms with E-state index >= 15 is 0 Å². The number of nitrogens with zero attached hydrogens (tertiary/aromatic N) is 2. The van der Waals surface area contributed by atoms with Gasteiger partial charge < -0.3 is 15.0 Å². The molecule has 3 aromatic rings. The summed E-state index contributed by atoms with van der Waals surface area (Å²) in [5.41, 5.74) is 5.64. The molecule has 0 aromatic heterocycles. The Morgan fingerprint density at radius 1 is 0.972 bits per heavy atom. The minimum Gasteiger partial charge on any atom is -0.496 e. The maximum atomic E-state index is 13.0. The van der Waals surface area contributed by atoms with Gasteiger partial charge in [0.25, 0.3) is 11.8 Å². The molecule has 36 heavy (non-hydrogen) atoms. The predicted molar refractivity (Wildman–Crippen MR) is 148 cm³/mol. The average molecular weight is 549 g/mol. The predicted octanol–water partition coefficient (Wildman–Crippen LogP) is 5.23. The van der Waals surface area contributed by atoms with Crippen LogP contribution in [0.3, 0.4) is 0 Å². The van der Waals surface area contributed by atoms with Crippen LogP contribution in [0.5, 0.6) is 5.75 Å². The molecule has 0 aliphatic rings. The minimum atomic E-state index is -0.545. The molecule has 7 nitrogen and oxygen atoms in total. The van der Waals surface area contributed by atoms with Gasteiger partial charge in [0.05, 0.1) is 17.8 Å². The van der Waals surface area contributed by atoms with Gasteiger partial charge in [-0.05, 0) is 89.4 Å². The van der Waals surface area contributed by atoms with Crippen molar-refractivity contribution in [2.75, 3.05) is 25.1 Å². The molecule has 0 saturated carbocycles. The molecule has 0 aliphatic carbocycles. The number of halogens is 1. The summed E-state index contributed by atoms with van der Waals surface area (Å²) in [5.74, 6) is -0.243. The van der Waals surface area contributed by atoms with Crippen LogP contribution in [0.15, 0.2) is 88.1 Å². The van der Waals surface area contributed by atoms with Crippen LogP contribution in [0.2, 0.25) is 0 Å². The molecule has 2 amide bonds. The molecule has 0 bridgehead atoms. The molecule has 186 valence electrons. The van der Waals surface area contributed by atoms with E-state index in [0.29, 0.717) is 11.3 Å². The third kappa shape index (κ3) is 7.29. The molecule has 0 saturated heterocycles. The number of rotatable bonds is 10. The van der Waals surface area contributed by atoms with Crippen LogP contribution in [-0.4, -0.2) is 38.2 Å². The van der Waals surface area contributed by atoms with Crippen molar-refractivity contribution < 1.29 is 14.3 Å². The van der Waals surface area contributed by atoms with E-state index in [4.69, 9.17) is 4.74 Å². The molecule has 3 aromatic carbocycles. The number of benzene rings is 3. The smallest absolute Gasteiger partial charge is 0.287 e. The number of amides is 2. The molecule has 8 heteroatoms. The Morgan fingerprint density at radius 3 is 2.25 bits per heavy atom. The summed E-state index contributed by atoms with van der Waals surface area (Å²) in [6.45, 7) is 6.00. The third-order valence-corrected chi connectivity index (χ3v) is 6.04. The van der Waals surface area contributed by atoms with E-state index < -0.39 is 5.91 Å². The lowest BCUT2D eigenvalue weighted by molar-refractivity contribution is -0.117. The molecule has 0 radical (unpaired) electrons. The van der Waals surface area contributed by atoms with E-state index in [1.54, 1.807) is 43.5 Å². The van der Waals surface area contributed by atoms with E-state index in [-0.39, 0.29) is 11.6 Å². The van der Waals surface area contributed by atoms with Crippen LogP contribution >= 0.6 is 15.9 Å². The molecule has 0 fully saturated rings. The number of ether oxygens (including phenoxy) is 1. The van der Waals surface area contributed by atoms with Crippen molar-refractivity contribution in [1.29, 1.82) is 0 Å². The second kappa shape index (κ2) is 13.3. The lowest BCUT2D eigenvalue weighted by Gasteiger charge is -2.20. The van der Waals surface area contributed by atoms with Gasteiger partial charge in [-0.3, -0.25) is 9.59 Å². The molecule has 2 N–H and O–H groups in total. The first kappa shape index (κ1) is 26.7. The normalized spacial score (nSPS) is 11.3. The fourth-order valence-electron chi connectivity index (χ4n) is 3.47. The number of anilines is 1. The number of hydrogen-bond acceptors (Lipinski definition) is 5. The highest BCUT2D eigenvalue weighted by Gasteiger charge is 2.14. The number of hydrogen-bond donors (Lipinski definition) is 2. The summed E-state index contributed by atoms with van der Waals surface area (Å²) in [4.78, 5) is 28.0. The SMILES string of the molecule is CCN(CC)c1ccc(/C=C(/NC(=O)c2ccccc2)C(=O)N/N=C\c2ccc(OC)c(Br)c2)cc1. The van der Waals surface area contributed by atoms with Gasteiger partial charge in [-0.25, -0.2) is 5.43 Å². The lowest BCUT2D eigenvalue weighted by Crippen LogP contribution is -2.32. The standard InChI is InChI=1S/C28H29BrN4O3/c1-4-33(5-2)23-14-11-20(12-15-23)18-25(31-27(34)22-9-7-6-8-10-22)28(35)32-30-19-21-13-16-26(36-3)24(29)17-21/h6-19H,4-5H2,1-3H3,(H,31,34)(H,32,35)/b25-18+,30-19-. The lowest BCUT2D eigenvalue weighted by atomic mass is 10.1. The quantitative estimate of drug-likeness (QED) is 0.206. The zero-order valence-electron chi connectivity index (χ0n) is 20.5. The minimum absolute atomic E-state index is 0.0764. The fourth-order valence-corrected chi connectivity index (χ4v) is 4.03. The van der Waals surface area contributed by atoms with Crippen molar-refractivity contribution in [2.45, 2.75) is 13.8 Å². The van der Waals surface area contributed by atoms with Crippen LogP contribution in [0.4, 0.5) is 5.69 Å². The van der Waals surface area contributed by atoms with Crippen LogP contribution in [0.1, 0.15) is 35.3 Å². The van der Waals surface area contributed by atoms with E-state index in [2.05, 4.69) is 50.5 Å². The number of methoxy groups -OCH3 is 1. The third-order valence-electron chi connectivity index (χ3n) is 5.42. The molecule has 0 aliphatic heterocycles. The van der Waals surface area contributed by atoms with Gasteiger partial charge in [0.2, 0.25) is 0 Å². The highest BCUT2D eigenvalue weighted by molar-refractivity contribution is 9.10. The largest absolute Gasteiger partial charge is 0.496 e. The van der Waals surface area contributed by atoms with Crippen molar-refractivity contribution in [2.24, 2.45) is 5.10 Å². The van der Waals surface area contributed by atoms with Gasteiger partial charge in [0.15, 0.2) is 0 Å². The van der Waals surface area contributed by atoms with Gasteiger partial charge in [-0.2, -0.15) is 5.10 Å². The van der Waals surface area contributed by atoms with Gasteiger partial charge in [-0.15, -0.1) is 0 Å². The number of hydrazone groups is 1. The Morgan fingerprint density at radius 2 is 1.64 bits per heavy atom. The zero-order valence-corrected chi connectivity index (χ0v) is 22.1. The molecule has 0 unspecified atom stereocenters. The Kier molecular flexibility index (Phi) is 9.82. The molecule has 0 atom stereocenters. The number of nitrogens with one attached hydrogen (secondary N) is 2. The number of carbonyl (C=O) groups excluding carboxylic acids is 2. The van der Waals surface area contributed by atoms with Crippen LogP contribution in [-0.2, 0) is 4.79 Å². The molecular formula is C28H29BrN4O3. The van der Waals surface area contributed by atoms with Crippen molar-refractivity contribution in [3.63, 3.8) is 0 Å². The number of carbonyl (C=O) groups is 2. The van der Waals surface area contributed by atoms with Crippen LogP contribution in [0.25, 0.3) is 6.08 Å². The highest BCUT2D eigenvalue weighted by atomic mass is 79.9. The molecule has 0 heterocycles. The molecular weight excluding hydrogens is 520 g/mol. The van der Waals surface area contributed by atoms with E-state index in [9.17, 15) is 9.59 Å². The van der Waals surface area contributed by atoms with Crippen molar-refractivity contribution in [1.82, 2.24) is 10.7 Å². The second-order valence-corrected chi connectivity index (χ2v) is 8.59. The van der Waals surface area contributed by atoms with Crippen LogP contribution in [0, 0.1) is 0 Å². The highest BCUT2D eigenvalue weighted by Crippen LogP contribution is 2.24. The summed E-state index contributed by atoms with van der Waals surface area (Å²) in [6.07, 6.45) is 3.14.